The van der Waals surface area contributed by atoms with Gasteiger partial charge in [0.1, 0.15) is 5.76 Å². The Balaban J connectivity index is 1.67. The fourth-order valence-electron chi connectivity index (χ4n) is 2.87. The van der Waals surface area contributed by atoms with Gasteiger partial charge in [0, 0.05) is 30.7 Å². The smallest absolute Gasteiger partial charge is 0.244 e. The molecule has 1 unspecified atom stereocenters. The molecule has 1 N–H and O–H groups in total. The van der Waals surface area contributed by atoms with Crippen LogP contribution in [-0.2, 0) is 9.53 Å². The van der Waals surface area contributed by atoms with Crippen molar-refractivity contribution < 1.29 is 13.9 Å². The minimum Gasteiger partial charge on any atom is -0.465 e. The number of carbonyl (C=O) groups excluding carboxylic acids is 1. The van der Waals surface area contributed by atoms with E-state index in [1.54, 1.807) is 24.5 Å². The highest BCUT2D eigenvalue weighted by Crippen LogP contribution is 2.27. The molecule has 25 heavy (non-hydrogen) atoms. The lowest BCUT2D eigenvalue weighted by molar-refractivity contribution is -0.116. The van der Waals surface area contributed by atoms with Crippen LogP contribution in [0.2, 0.25) is 5.02 Å². The van der Waals surface area contributed by atoms with Crippen molar-refractivity contribution in [1.82, 2.24) is 10.2 Å². The zero-order chi connectivity index (χ0) is 17.5. The fraction of sp³-hybridized carbons (Fsp3) is 0.316. The first-order chi connectivity index (χ1) is 12.2. The highest BCUT2D eigenvalue weighted by atomic mass is 35.5. The van der Waals surface area contributed by atoms with Crippen molar-refractivity contribution in [3.63, 3.8) is 0 Å². The molecule has 1 aromatic heterocycles. The largest absolute Gasteiger partial charge is 0.465 e. The van der Waals surface area contributed by atoms with Crippen LogP contribution in [0.1, 0.15) is 17.4 Å². The maximum Gasteiger partial charge on any atom is 0.244 e. The van der Waals surface area contributed by atoms with E-state index in [0.29, 0.717) is 30.5 Å². The van der Waals surface area contributed by atoms with E-state index in [4.69, 9.17) is 20.8 Å². The Hall–Kier alpha value is -2.08. The number of halogens is 1. The molecule has 132 valence electrons. The van der Waals surface area contributed by atoms with Crippen LogP contribution < -0.4 is 5.32 Å². The Morgan fingerprint density at radius 3 is 2.76 bits per heavy atom. The Labute approximate surface area is 152 Å². The van der Waals surface area contributed by atoms with Gasteiger partial charge >= 0.3 is 0 Å². The number of furan rings is 1. The molecule has 2 heterocycles. The van der Waals surface area contributed by atoms with Gasteiger partial charge in [-0.3, -0.25) is 9.69 Å². The van der Waals surface area contributed by atoms with Crippen LogP contribution in [0.3, 0.4) is 0 Å². The van der Waals surface area contributed by atoms with Crippen molar-refractivity contribution in [2.75, 3.05) is 32.8 Å². The highest BCUT2D eigenvalue weighted by Gasteiger charge is 2.24. The lowest BCUT2D eigenvalue weighted by Crippen LogP contribution is -2.43. The van der Waals surface area contributed by atoms with Crippen LogP contribution in [0, 0.1) is 0 Å². The first-order valence-electron chi connectivity index (χ1n) is 8.29. The monoisotopic (exact) mass is 360 g/mol. The van der Waals surface area contributed by atoms with Gasteiger partial charge in [0.15, 0.2) is 0 Å². The average molecular weight is 361 g/mol. The molecule has 6 heteroatoms. The topological polar surface area (TPSA) is 54.7 Å². The molecular weight excluding hydrogens is 340 g/mol. The number of hydrogen-bond acceptors (Lipinski definition) is 4. The molecule has 0 saturated carbocycles. The summed E-state index contributed by atoms with van der Waals surface area (Å²) in [5.74, 6) is 0.479. The highest BCUT2D eigenvalue weighted by molar-refractivity contribution is 6.31. The van der Waals surface area contributed by atoms with Gasteiger partial charge in [-0.2, -0.15) is 0 Å². The first kappa shape index (κ1) is 17.7. The van der Waals surface area contributed by atoms with Gasteiger partial charge in [0.25, 0.3) is 0 Å². The third-order valence-electron chi connectivity index (χ3n) is 4.16. The Kier molecular flexibility index (Phi) is 6.28. The summed E-state index contributed by atoms with van der Waals surface area (Å²) in [7, 11) is 0. The van der Waals surface area contributed by atoms with Crippen molar-refractivity contribution in [2.24, 2.45) is 0 Å². The fourth-order valence-corrected chi connectivity index (χ4v) is 3.13. The van der Waals surface area contributed by atoms with Crippen LogP contribution in [0.5, 0.6) is 0 Å². The van der Waals surface area contributed by atoms with E-state index in [9.17, 15) is 4.79 Å². The molecule has 3 rings (SSSR count). The third kappa shape index (κ3) is 4.95. The SMILES string of the molecule is O=C(/C=C/c1ccco1)NCC(c1ccccc1Cl)N1CCOCC1. The molecule has 2 aromatic rings. The number of ether oxygens (including phenoxy) is 1. The Bertz CT molecular complexity index is 709. The number of rotatable bonds is 6. The number of nitrogens with one attached hydrogen (secondary N) is 1. The first-order valence-corrected chi connectivity index (χ1v) is 8.67. The van der Waals surface area contributed by atoms with E-state index in [0.717, 1.165) is 18.7 Å². The van der Waals surface area contributed by atoms with E-state index in [1.807, 2.05) is 24.3 Å². The molecule has 1 amide bonds. The van der Waals surface area contributed by atoms with Gasteiger partial charge in [-0.15, -0.1) is 0 Å². The quantitative estimate of drug-likeness (QED) is 0.804. The molecule has 0 bridgehead atoms. The average Bonchev–Trinajstić information content (AvgIpc) is 3.16. The Morgan fingerprint density at radius 2 is 2.04 bits per heavy atom. The molecule has 0 radical (unpaired) electrons. The summed E-state index contributed by atoms with van der Waals surface area (Å²) >= 11 is 6.39. The van der Waals surface area contributed by atoms with Gasteiger partial charge < -0.3 is 14.5 Å². The van der Waals surface area contributed by atoms with Crippen LogP contribution >= 0.6 is 11.6 Å². The lowest BCUT2D eigenvalue weighted by Gasteiger charge is -2.35. The summed E-state index contributed by atoms with van der Waals surface area (Å²) < 4.78 is 10.6. The molecule has 1 fully saturated rings. The molecule has 1 saturated heterocycles. The van der Waals surface area contributed by atoms with Crippen molar-refractivity contribution >= 4 is 23.6 Å². The number of nitrogens with zero attached hydrogens (tertiary/aromatic N) is 1. The van der Waals surface area contributed by atoms with E-state index < -0.39 is 0 Å². The van der Waals surface area contributed by atoms with Gasteiger partial charge in [-0.05, 0) is 29.8 Å². The zero-order valence-corrected chi connectivity index (χ0v) is 14.6. The molecule has 1 atom stereocenters. The number of amides is 1. The van der Waals surface area contributed by atoms with E-state index in [1.165, 1.54) is 6.08 Å². The number of morpholine rings is 1. The number of carbonyl (C=O) groups is 1. The van der Waals surface area contributed by atoms with Crippen LogP contribution in [-0.4, -0.2) is 43.7 Å². The van der Waals surface area contributed by atoms with Crippen LogP contribution in [0.4, 0.5) is 0 Å². The van der Waals surface area contributed by atoms with Gasteiger partial charge in [-0.1, -0.05) is 29.8 Å². The second-order valence-corrected chi connectivity index (χ2v) is 6.19. The normalized spacial score (nSPS) is 16.8. The second kappa shape index (κ2) is 8.85. The van der Waals surface area contributed by atoms with Gasteiger partial charge in [0.05, 0.1) is 25.5 Å². The van der Waals surface area contributed by atoms with Crippen molar-refractivity contribution in [2.45, 2.75) is 6.04 Å². The predicted molar refractivity (Wildman–Crippen MR) is 97.3 cm³/mol. The number of benzene rings is 1. The zero-order valence-electron chi connectivity index (χ0n) is 13.9. The van der Waals surface area contributed by atoms with Crippen molar-refractivity contribution in [3.8, 4) is 0 Å². The maximum absolute atomic E-state index is 12.1. The summed E-state index contributed by atoms with van der Waals surface area (Å²) in [5.41, 5.74) is 1.02. The molecular formula is C19H21ClN2O3. The summed E-state index contributed by atoms with van der Waals surface area (Å²) in [4.78, 5) is 14.4. The third-order valence-corrected chi connectivity index (χ3v) is 4.51. The van der Waals surface area contributed by atoms with Crippen LogP contribution in [0.15, 0.2) is 53.2 Å². The van der Waals surface area contributed by atoms with E-state index in [-0.39, 0.29) is 11.9 Å². The summed E-state index contributed by atoms with van der Waals surface area (Å²) in [6.07, 6.45) is 4.69. The molecule has 1 aromatic carbocycles. The Morgan fingerprint density at radius 1 is 1.24 bits per heavy atom. The minimum absolute atomic E-state index is 0.0126. The minimum atomic E-state index is -0.165. The van der Waals surface area contributed by atoms with Crippen LogP contribution in [0.25, 0.3) is 6.08 Å². The number of hydrogen-bond donors (Lipinski definition) is 1. The van der Waals surface area contributed by atoms with Crippen molar-refractivity contribution in [3.05, 3.63) is 65.1 Å². The standard InChI is InChI=1S/C19H21ClN2O3/c20-17-6-2-1-5-16(17)18(22-9-12-24-13-10-22)14-21-19(23)8-7-15-4-3-11-25-15/h1-8,11,18H,9-10,12-14H2,(H,21,23)/b8-7+. The molecule has 0 aliphatic carbocycles. The van der Waals surface area contributed by atoms with Gasteiger partial charge in [-0.25, -0.2) is 0 Å². The predicted octanol–water partition coefficient (Wildman–Crippen LogP) is 3.14. The molecule has 1 aliphatic heterocycles. The summed E-state index contributed by atoms with van der Waals surface area (Å²) in [6, 6.07) is 11.3. The van der Waals surface area contributed by atoms with E-state index >= 15 is 0 Å². The maximum atomic E-state index is 12.1. The van der Waals surface area contributed by atoms with E-state index in [2.05, 4.69) is 10.2 Å². The second-order valence-electron chi connectivity index (χ2n) is 5.78. The summed E-state index contributed by atoms with van der Waals surface area (Å²) in [6.45, 7) is 3.48. The lowest BCUT2D eigenvalue weighted by atomic mass is 10.0. The summed E-state index contributed by atoms with van der Waals surface area (Å²) in [5, 5.41) is 3.67. The molecule has 1 aliphatic rings. The molecule has 0 spiro atoms. The van der Waals surface area contributed by atoms with Gasteiger partial charge in [0.2, 0.25) is 5.91 Å². The van der Waals surface area contributed by atoms with Crippen molar-refractivity contribution in [1.29, 1.82) is 0 Å². The molecule has 5 nitrogen and oxygen atoms in total.